The zero-order chi connectivity index (χ0) is 17.1. The Balaban J connectivity index is 1.75. The molecule has 3 rings (SSSR count). The number of methoxy groups -OCH3 is 1. The summed E-state index contributed by atoms with van der Waals surface area (Å²) >= 11 is 0. The van der Waals surface area contributed by atoms with Gasteiger partial charge in [0.2, 0.25) is 0 Å². The number of ether oxygens (including phenoxy) is 2. The molecule has 0 bridgehead atoms. The largest absolute Gasteiger partial charge is 0.493 e. The highest BCUT2D eigenvalue weighted by molar-refractivity contribution is 5.95. The van der Waals surface area contributed by atoms with E-state index in [2.05, 4.69) is 0 Å². The molecule has 0 fully saturated rings. The van der Waals surface area contributed by atoms with Gasteiger partial charge in [-0.3, -0.25) is 4.79 Å². The molecule has 5 nitrogen and oxygen atoms in total. The SMILES string of the molecule is COc1ccccc1OCC(=O)N1CCC(O)c2cc(F)ccc21. The first kappa shape index (κ1) is 16.3. The molecule has 1 N–H and O–H groups in total. The first-order valence-electron chi connectivity index (χ1n) is 7.64. The Bertz CT molecular complexity index is 750. The Morgan fingerprint density at radius 1 is 1.29 bits per heavy atom. The molecule has 2 aromatic rings. The Morgan fingerprint density at radius 3 is 2.79 bits per heavy atom. The quantitative estimate of drug-likeness (QED) is 0.936. The normalized spacial score (nSPS) is 16.5. The van der Waals surface area contributed by atoms with Crippen molar-refractivity contribution in [1.82, 2.24) is 0 Å². The first-order valence-corrected chi connectivity index (χ1v) is 7.64. The monoisotopic (exact) mass is 331 g/mol. The van der Waals surface area contributed by atoms with E-state index in [4.69, 9.17) is 9.47 Å². The standard InChI is InChI=1S/C18H18FNO4/c1-23-16-4-2-3-5-17(16)24-11-18(22)20-9-8-15(21)13-10-12(19)6-7-14(13)20/h2-7,10,15,21H,8-9,11H2,1H3. The van der Waals surface area contributed by atoms with Crippen molar-refractivity contribution in [2.75, 3.05) is 25.2 Å². The number of hydrogen-bond donors (Lipinski definition) is 1. The molecule has 0 aromatic heterocycles. The maximum atomic E-state index is 13.4. The molecule has 0 aliphatic carbocycles. The Kier molecular flexibility index (Phi) is 4.66. The molecule has 6 heteroatoms. The topological polar surface area (TPSA) is 59.0 Å². The summed E-state index contributed by atoms with van der Waals surface area (Å²) in [4.78, 5) is 14.0. The maximum Gasteiger partial charge on any atom is 0.264 e. The van der Waals surface area contributed by atoms with Gasteiger partial charge in [-0.25, -0.2) is 4.39 Å². The van der Waals surface area contributed by atoms with Crippen LogP contribution in [0.3, 0.4) is 0 Å². The number of halogens is 1. The van der Waals surface area contributed by atoms with Crippen LogP contribution in [0.5, 0.6) is 11.5 Å². The van der Waals surface area contributed by atoms with Gasteiger partial charge in [0.25, 0.3) is 5.91 Å². The van der Waals surface area contributed by atoms with E-state index in [-0.39, 0.29) is 12.5 Å². The molecule has 24 heavy (non-hydrogen) atoms. The summed E-state index contributed by atoms with van der Waals surface area (Å²) in [6, 6.07) is 11.1. The van der Waals surface area contributed by atoms with Crippen LogP contribution in [0.2, 0.25) is 0 Å². The van der Waals surface area contributed by atoms with E-state index in [1.165, 1.54) is 30.2 Å². The number of aliphatic hydroxyl groups excluding tert-OH is 1. The lowest BCUT2D eigenvalue weighted by atomic mass is 9.98. The van der Waals surface area contributed by atoms with Crippen LogP contribution >= 0.6 is 0 Å². The van der Waals surface area contributed by atoms with Crippen molar-refractivity contribution in [3.05, 3.63) is 53.8 Å². The molecule has 0 saturated heterocycles. The molecular weight excluding hydrogens is 313 g/mol. The number of carbonyl (C=O) groups is 1. The lowest BCUT2D eigenvalue weighted by Gasteiger charge is -2.32. The summed E-state index contributed by atoms with van der Waals surface area (Å²) in [5.74, 6) is 0.319. The molecule has 126 valence electrons. The fraction of sp³-hybridized carbons (Fsp3) is 0.278. The third-order valence-corrected chi connectivity index (χ3v) is 3.99. The molecule has 1 amide bonds. The predicted molar refractivity (Wildman–Crippen MR) is 86.8 cm³/mol. The smallest absolute Gasteiger partial charge is 0.264 e. The fourth-order valence-electron chi connectivity index (χ4n) is 2.78. The molecule has 1 atom stereocenters. The van der Waals surface area contributed by atoms with Gasteiger partial charge in [-0.1, -0.05) is 12.1 Å². The summed E-state index contributed by atoms with van der Waals surface area (Å²) < 4.78 is 24.1. The maximum absolute atomic E-state index is 13.4. The van der Waals surface area contributed by atoms with E-state index < -0.39 is 11.9 Å². The van der Waals surface area contributed by atoms with Crippen LogP contribution in [0.4, 0.5) is 10.1 Å². The number of benzene rings is 2. The second kappa shape index (κ2) is 6.88. The molecule has 1 heterocycles. The molecule has 0 saturated carbocycles. The van der Waals surface area contributed by atoms with Crippen molar-refractivity contribution in [2.45, 2.75) is 12.5 Å². The zero-order valence-corrected chi connectivity index (χ0v) is 13.2. The van der Waals surface area contributed by atoms with Crippen molar-refractivity contribution < 1.29 is 23.8 Å². The summed E-state index contributed by atoms with van der Waals surface area (Å²) in [6.45, 7) is 0.182. The van der Waals surface area contributed by atoms with Gasteiger partial charge in [-0.15, -0.1) is 0 Å². The number of rotatable bonds is 4. The summed E-state index contributed by atoms with van der Waals surface area (Å²) in [6.07, 6.45) is -0.411. The Morgan fingerprint density at radius 2 is 2.04 bits per heavy atom. The minimum Gasteiger partial charge on any atom is -0.493 e. The van der Waals surface area contributed by atoms with Gasteiger partial charge in [0.15, 0.2) is 18.1 Å². The summed E-state index contributed by atoms with van der Waals surface area (Å²) in [7, 11) is 1.53. The van der Waals surface area contributed by atoms with Gasteiger partial charge in [0, 0.05) is 17.8 Å². The average Bonchev–Trinajstić information content (AvgIpc) is 2.60. The number of anilines is 1. The first-order chi connectivity index (χ1) is 11.6. The van der Waals surface area contributed by atoms with E-state index in [9.17, 15) is 14.3 Å². The van der Waals surface area contributed by atoms with Crippen molar-refractivity contribution in [1.29, 1.82) is 0 Å². The number of carbonyl (C=O) groups excluding carboxylic acids is 1. The van der Waals surface area contributed by atoms with Gasteiger partial charge in [-0.2, -0.15) is 0 Å². The van der Waals surface area contributed by atoms with Crippen molar-refractivity contribution in [3.63, 3.8) is 0 Å². The third kappa shape index (κ3) is 3.19. The third-order valence-electron chi connectivity index (χ3n) is 3.99. The average molecular weight is 331 g/mol. The second-order valence-electron chi connectivity index (χ2n) is 5.49. The zero-order valence-electron chi connectivity index (χ0n) is 13.2. The van der Waals surface area contributed by atoms with Crippen molar-refractivity contribution in [3.8, 4) is 11.5 Å². The van der Waals surface area contributed by atoms with Crippen molar-refractivity contribution in [2.24, 2.45) is 0 Å². The van der Waals surface area contributed by atoms with Crippen LogP contribution in [0, 0.1) is 5.82 Å². The minimum atomic E-state index is -0.769. The molecule has 1 aliphatic heterocycles. The van der Waals surface area contributed by atoms with Crippen LogP contribution in [-0.2, 0) is 4.79 Å². The molecule has 2 aromatic carbocycles. The minimum absolute atomic E-state index is 0.173. The lowest BCUT2D eigenvalue weighted by molar-refractivity contribution is -0.120. The molecule has 1 unspecified atom stereocenters. The van der Waals surface area contributed by atoms with Crippen molar-refractivity contribution >= 4 is 11.6 Å². The lowest BCUT2D eigenvalue weighted by Crippen LogP contribution is -2.39. The van der Waals surface area contributed by atoms with Crippen LogP contribution < -0.4 is 14.4 Å². The van der Waals surface area contributed by atoms with Gasteiger partial charge in [0.05, 0.1) is 13.2 Å². The summed E-state index contributed by atoms with van der Waals surface area (Å²) in [5.41, 5.74) is 0.940. The number of para-hydroxylation sites is 2. The number of nitrogens with zero attached hydrogens (tertiary/aromatic N) is 1. The molecular formula is C18H18FNO4. The molecule has 1 aliphatic rings. The van der Waals surface area contributed by atoms with Crippen LogP contribution in [-0.4, -0.2) is 31.3 Å². The van der Waals surface area contributed by atoms with E-state index in [0.717, 1.165) is 0 Å². The van der Waals surface area contributed by atoms with Crippen LogP contribution in [0.25, 0.3) is 0 Å². The highest BCUT2D eigenvalue weighted by Gasteiger charge is 2.28. The van der Waals surface area contributed by atoms with E-state index in [1.54, 1.807) is 18.2 Å². The van der Waals surface area contributed by atoms with Gasteiger partial charge < -0.3 is 19.5 Å². The molecule has 0 spiro atoms. The highest BCUT2D eigenvalue weighted by atomic mass is 19.1. The number of hydrogen-bond acceptors (Lipinski definition) is 4. The fourth-order valence-corrected chi connectivity index (χ4v) is 2.78. The van der Waals surface area contributed by atoms with Crippen LogP contribution in [0.15, 0.2) is 42.5 Å². The highest BCUT2D eigenvalue weighted by Crippen LogP contribution is 2.34. The predicted octanol–water partition coefficient (Wildman–Crippen LogP) is 2.68. The number of amides is 1. The Hall–Kier alpha value is -2.60. The number of aliphatic hydroxyl groups is 1. The van der Waals surface area contributed by atoms with Gasteiger partial charge in [0.1, 0.15) is 5.82 Å². The van der Waals surface area contributed by atoms with E-state index in [0.29, 0.717) is 35.7 Å². The molecule has 0 radical (unpaired) electrons. The second-order valence-corrected chi connectivity index (χ2v) is 5.49. The number of fused-ring (bicyclic) bond motifs is 1. The van der Waals surface area contributed by atoms with Gasteiger partial charge in [-0.05, 0) is 36.8 Å². The van der Waals surface area contributed by atoms with Gasteiger partial charge >= 0.3 is 0 Å². The van der Waals surface area contributed by atoms with Crippen LogP contribution in [0.1, 0.15) is 18.1 Å². The summed E-state index contributed by atoms with van der Waals surface area (Å²) in [5, 5.41) is 10.0. The van der Waals surface area contributed by atoms with E-state index >= 15 is 0 Å². The van der Waals surface area contributed by atoms with E-state index in [1.807, 2.05) is 6.07 Å². The Labute approximate surface area is 139 Å².